The fraction of sp³-hybridized carbons (Fsp3) is 0.364. The van der Waals surface area contributed by atoms with Crippen molar-refractivity contribution in [1.82, 2.24) is 4.98 Å². The van der Waals surface area contributed by atoms with Crippen LogP contribution >= 0.6 is 22.9 Å². The molecule has 0 aliphatic carbocycles. The number of nitrogens with two attached hydrogens (primary N) is 1. The standard InChI is InChI=1S/C11H13ClFN3S/c1-3-5(2)15-11-16-9-6(12)4-7(13)8(14)10(9)17-11/h4-5H,3,14H2,1-2H3,(H,15,16). The number of nitrogens with one attached hydrogen (secondary N) is 1. The molecule has 0 aliphatic heterocycles. The zero-order chi connectivity index (χ0) is 12.6. The SMILES string of the molecule is CCC(C)Nc1nc2c(Cl)cc(F)c(N)c2s1. The second kappa shape index (κ2) is 4.66. The molecule has 0 saturated heterocycles. The van der Waals surface area contributed by atoms with Crippen molar-refractivity contribution in [3.8, 4) is 0 Å². The smallest absolute Gasteiger partial charge is 0.184 e. The Morgan fingerprint density at radius 3 is 3.00 bits per heavy atom. The Hall–Kier alpha value is -1.07. The van der Waals surface area contributed by atoms with Crippen LogP contribution in [0.3, 0.4) is 0 Å². The molecule has 6 heteroatoms. The molecule has 92 valence electrons. The fourth-order valence-corrected chi connectivity index (χ4v) is 2.74. The summed E-state index contributed by atoms with van der Waals surface area (Å²) in [5.41, 5.74) is 6.34. The van der Waals surface area contributed by atoms with Crippen LogP contribution in [0.2, 0.25) is 5.02 Å². The molecule has 0 amide bonds. The predicted octanol–water partition coefficient (Wildman–Crippen LogP) is 3.88. The van der Waals surface area contributed by atoms with Crippen molar-refractivity contribution in [2.75, 3.05) is 11.1 Å². The molecular weight excluding hydrogens is 261 g/mol. The molecule has 0 aliphatic rings. The highest BCUT2D eigenvalue weighted by Gasteiger charge is 2.14. The Morgan fingerprint density at radius 2 is 2.35 bits per heavy atom. The molecule has 1 atom stereocenters. The van der Waals surface area contributed by atoms with Crippen LogP contribution in [0.5, 0.6) is 0 Å². The monoisotopic (exact) mass is 273 g/mol. The minimum absolute atomic E-state index is 0.110. The molecule has 2 rings (SSSR count). The lowest BCUT2D eigenvalue weighted by Gasteiger charge is -2.08. The molecular formula is C11H13ClFN3S. The van der Waals surface area contributed by atoms with E-state index in [9.17, 15) is 4.39 Å². The fourth-order valence-electron chi connectivity index (χ4n) is 1.40. The average Bonchev–Trinajstić information content (AvgIpc) is 2.70. The topological polar surface area (TPSA) is 50.9 Å². The van der Waals surface area contributed by atoms with E-state index in [0.29, 0.717) is 26.4 Å². The minimum Gasteiger partial charge on any atom is -0.395 e. The first-order chi connectivity index (χ1) is 8.02. The summed E-state index contributed by atoms with van der Waals surface area (Å²) in [6.45, 7) is 4.13. The van der Waals surface area contributed by atoms with E-state index in [1.807, 2.05) is 0 Å². The van der Waals surface area contributed by atoms with Crippen LogP contribution < -0.4 is 11.1 Å². The number of hydrogen-bond donors (Lipinski definition) is 2. The quantitative estimate of drug-likeness (QED) is 0.835. The highest BCUT2D eigenvalue weighted by molar-refractivity contribution is 7.22. The largest absolute Gasteiger partial charge is 0.395 e. The third-order valence-corrected chi connectivity index (χ3v) is 3.90. The van der Waals surface area contributed by atoms with E-state index in [1.165, 1.54) is 17.4 Å². The van der Waals surface area contributed by atoms with Crippen LogP contribution in [0, 0.1) is 5.82 Å². The maximum Gasteiger partial charge on any atom is 0.184 e. The van der Waals surface area contributed by atoms with E-state index in [1.54, 1.807) is 0 Å². The van der Waals surface area contributed by atoms with Crippen molar-refractivity contribution in [1.29, 1.82) is 0 Å². The van der Waals surface area contributed by atoms with E-state index >= 15 is 0 Å². The second-order valence-corrected chi connectivity index (χ2v) is 5.31. The van der Waals surface area contributed by atoms with Gasteiger partial charge in [0.15, 0.2) is 5.13 Å². The van der Waals surface area contributed by atoms with Gasteiger partial charge in [-0.25, -0.2) is 9.37 Å². The first kappa shape index (κ1) is 12.4. The van der Waals surface area contributed by atoms with Gasteiger partial charge in [0.2, 0.25) is 0 Å². The number of rotatable bonds is 3. The van der Waals surface area contributed by atoms with E-state index < -0.39 is 5.82 Å². The zero-order valence-electron chi connectivity index (χ0n) is 9.55. The zero-order valence-corrected chi connectivity index (χ0v) is 11.1. The van der Waals surface area contributed by atoms with Gasteiger partial charge in [-0.3, -0.25) is 0 Å². The molecule has 1 heterocycles. The Morgan fingerprint density at radius 1 is 1.65 bits per heavy atom. The lowest BCUT2D eigenvalue weighted by atomic mass is 10.3. The van der Waals surface area contributed by atoms with Crippen molar-refractivity contribution >= 4 is 44.0 Å². The molecule has 2 aromatic rings. The normalized spacial score (nSPS) is 12.9. The van der Waals surface area contributed by atoms with Crippen LogP contribution in [-0.4, -0.2) is 11.0 Å². The van der Waals surface area contributed by atoms with Crippen LogP contribution in [0.1, 0.15) is 20.3 Å². The maximum atomic E-state index is 13.4. The molecule has 0 bridgehead atoms. The van der Waals surface area contributed by atoms with Crippen molar-refractivity contribution in [3.05, 3.63) is 16.9 Å². The molecule has 1 aromatic carbocycles. The summed E-state index contributed by atoms with van der Waals surface area (Å²) >= 11 is 7.26. The molecule has 3 nitrogen and oxygen atoms in total. The lowest BCUT2D eigenvalue weighted by molar-refractivity contribution is 0.634. The Balaban J connectivity index is 2.50. The van der Waals surface area contributed by atoms with Crippen molar-refractivity contribution < 1.29 is 4.39 Å². The summed E-state index contributed by atoms with van der Waals surface area (Å²) in [4.78, 5) is 4.33. The summed E-state index contributed by atoms with van der Waals surface area (Å²) in [6.07, 6.45) is 0.980. The third-order valence-electron chi connectivity index (χ3n) is 2.59. The maximum absolute atomic E-state index is 13.4. The number of halogens is 2. The van der Waals surface area contributed by atoms with Crippen LogP contribution in [0.25, 0.3) is 10.2 Å². The van der Waals surface area contributed by atoms with Crippen LogP contribution in [0.4, 0.5) is 15.2 Å². The number of aromatic nitrogens is 1. The molecule has 0 radical (unpaired) electrons. The van der Waals surface area contributed by atoms with Crippen LogP contribution in [0.15, 0.2) is 6.07 Å². The van der Waals surface area contributed by atoms with Gasteiger partial charge in [-0.1, -0.05) is 29.9 Å². The van der Waals surface area contributed by atoms with Crippen molar-refractivity contribution in [2.24, 2.45) is 0 Å². The summed E-state index contributed by atoms with van der Waals surface area (Å²) in [5, 5.41) is 4.23. The van der Waals surface area contributed by atoms with Crippen molar-refractivity contribution in [2.45, 2.75) is 26.3 Å². The molecule has 17 heavy (non-hydrogen) atoms. The molecule has 0 spiro atoms. The van der Waals surface area contributed by atoms with Gasteiger partial charge in [-0.2, -0.15) is 0 Å². The molecule has 0 fully saturated rings. The average molecular weight is 274 g/mol. The highest BCUT2D eigenvalue weighted by Crippen LogP contribution is 2.36. The van der Waals surface area contributed by atoms with Gasteiger partial charge in [-0.15, -0.1) is 0 Å². The van der Waals surface area contributed by atoms with Gasteiger partial charge < -0.3 is 11.1 Å². The summed E-state index contributed by atoms with van der Waals surface area (Å²) in [5.74, 6) is -0.499. The van der Waals surface area contributed by atoms with Crippen molar-refractivity contribution in [3.63, 3.8) is 0 Å². The Bertz CT molecular complexity index is 555. The third kappa shape index (κ3) is 2.30. The van der Waals surface area contributed by atoms with Gasteiger partial charge in [-0.05, 0) is 19.4 Å². The number of hydrogen-bond acceptors (Lipinski definition) is 4. The van der Waals surface area contributed by atoms with Gasteiger partial charge in [0.25, 0.3) is 0 Å². The lowest BCUT2D eigenvalue weighted by Crippen LogP contribution is -2.12. The van der Waals surface area contributed by atoms with E-state index in [0.717, 1.165) is 6.42 Å². The van der Waals surface area contributed by atoms with Gasteiger partial charge in [0.1, 0.15) is 11.3 Å². The molecule has 1 aromatic heterocycles. The summed E-state index contributed by atoms with van der Waals surface area (Å²) < 4.78 is 14.0. The van der Waals surface area contributed by atoms with Gasteiger partial charge in [0, 0.05) is 6.04 Å². The van der Waals surface area contributed by atoms with E-state index in [2.05, 4.69) is 24.1 Å². The molecule has 0 saturated carbocycles. The van der Waals surface area contributed by atoms with Gasteiger partial charge in [0.05, 0.1) is 15.4 Å². The van der Waals surface area contributed by atoms with Crippen LogP contribution in [-0.2, 0) is 0 Å². The second-order valence-electron chi connectivity index (χ2n) is 3.90. The summed E-state index contributed by atoms with van der Waals surface area (Å²) in [7, 11) is 0. The number of thiazole rings is 1. The number of fused-ring (bicyclic) bond motifs is 1. The number of benzene rings is 1. The van der Waals surface area contributed by atoms with Gasteiger partial charge >= 0.3 is 0 Å². The number of anilines is 2. The Labute approximate surface area is 108 Å². The number of nitrogen functional groups attached to an aromatic ring is 1. The van der Waals surface area contributed by atoms with E-state index in [-0.39, 0.29) is 5.69 Å². The first-order valence-electron chi connectivity index (χ1n) is 5.33. The molecule has 3 N–H and O–H groups in total. The minimum atomic E-state index is -0.499. The summed E-state index contributed by atoms with van der Waals surface area (Å²) in [6, 6.07) is 1.51. The highest BCUT2D eigenvalue weighted by atomic mass is 35.5. The first-order valence-corrected chi connectivity index (χ1v) is 6.53. The number of nitrogens with zero attached hydrogens (tertiary/aromatic N) is 1. The Kier molecular flexibility index (Phi) is 3.40. The van der Waals surface area contributed by atoms with E-state index in [4.69, 9.17) is 17.3 Å². The molecule has 1 unspecified atom stereocenters. The predicted molar refractivity (Wildman–Crippen MR) is 72.4 cm³/mol.